The average molecular weight is 469 g/mol. The first kappa shape index (κ1) is 22.8. The minimum atomic E-state index is -3.68. The molecule has 0 aliphatic carbocycles. The van der Waals surface area contributed by atoms with Gasteiger partial charge in [0, 0.05) is 13.2 Å². The Morgan fingerprint density at radius 1 is 0.697 bits per heavy atom. The third-order valence-electron chi connectivity index (χ3n) is 5.49. The molecule has 5 heteroatoms. The predicted octanol–water partition coefficient (Wildman–Crippen LogP) is 4.51. The molecule has 0 atom stereocenters. The molecule has 0 unspecified atom stereocenters. The Morgan fingerprint density at radius 3 is 1.64 bits per heavy atom. The zero-order valence-electron chi connectivity index (χ0n) is 18.7. The molecule has 4 rings (SSSR count). The van der Waals surface area contributed by atoms with Crippen LogP contribution in [0.1, 0.15) is 11.1 Å². The fourth-order valence-corrected chi connectivity index (χ4v) is 7.65. The van der Waals surface area contributed by atoms with Crippen molar-refractivity contribution in [3.05, 3.63) is 133 Å². The van der Waals surface area contributed by atoms with Crippen molar-refractivity contribution < 1.29 is 8.42 Å². The summed E-state index contributed by atoms with van der Waals surface area (Å²) in [5.74, 6) is 0. The first-order valence-corrected chi connectivity index (χ1v) is 13.7. The zero-order valence-corrected chi connectivity index (χ0v) is 20.5. The van der Waals surface area contributed by atoms with Crippen LogP contribution < -0.4 is 10.4 Å². The third kappa shape index (κ3) is 5.16. The van der Waals surface area contributed by atoms with Gasteiger partial charge in [-0.05, 0) is 29.8 Å². The number of hydrogen-bond acceptors (Lipinski definition) is 2. The fraction of sp³-hybridized carbons (Fsp3) is 0.0714. The van der Waals surface area contributed by atoms with Crippen LogP contribution in [0.15, 0.2) is 126 Å². The van der Waals surface area contributed by atoms with Gasteiger partial charge in [0.15, 0.2) is 8.80 Å². The van der Waals surface area contributed by atoms with E-state index in [-0.39, 0.29) is 4.90 Å². The Kier molecular flexibility index (Phi) is 6.92. The van der Waals surface area contributed by atoms with E-state index in [0.717, 1.165) is 16.3 Å². The van der Waals surface area contributed by atoms with Gasteiger partial charge in [-0.15, -0.1) is 0 Å². The fourth-order valence-electron chi connectivity index (χ4n) is 3.72. The van der Waals surface area contributed by atoms with Gasteiger partial charge in [0.2, 0.25) is 0 Å². The van der Waals surface area contributed by atoms with Crippen LogP contribution in [0, 0.1) is 6.92 Å². The van der Waals surface area contributed by atoms with E-state index >= 15 is 0 Å². The topological polar surface area (TPSA) is 37.4 Å². The van der Waals surface area contributed by atoms with E-state index in [2.05, 4.69) is 36.4 Å². The molecular formula is C28H26NO2SSi. The number of sulfonamides is 1. The molecule has 3 nitrogen and oxygen atoms in total. The summed E-state index contributed by atoms with van der Waals surface area (Å²) in [5, 5.41) is 3.41. The quantitative estimate of drug-likeness (QED) is 0.375. The van der Waals surface area contributed by atoms with Gasteiger partial charge < -0.3 is 0 Å². The van der Waals surface area contributed by atoms with Crippen LogP contribution in [0.2, 0.25) is 0 Å². The standard InChI is InChI=1S/C28H26NO2SSi/c1-23-18-20-25(21-19-23)32(30,31)29(2)22-28(24-12-6-3-7-13-24)33(26-14-8-4-9-15-26)27-16-10-5-11-17-27/h3-22H,1-2H3/b28-22+. The number of benzene rings is 4. The SMILES string of the molecule is Cc1ccc(S(=O)(=O)N(C)/C=C(\c2ccccc2)[Si](c2ccccc2)c2ccccc2)cc1. The monoisotopic (exact) mass is 468 g/mol. The highest BCUT2D eigenvalue weighted by atomic mass is 32.2. The second kappa shape index (κ2) is 10.0. The first-order chi connectivity index (χ1) is 16.0. The molecule has 1 radical (unpaired) electrons. The summed E-state index contributed by atoms with van der Waals surface area (Å²) in [5.41, 5.74) is 2.04. The van der Waals surface area contributed by atoms with Gasteiger partial charge in [-0.2, -0.15) is 0 Å². The summed E-state index contributed by atoms with van der Waals surface area (Å²) in [6.07, 6.45) is 1.80. The second-order valence-electron chi connectivity index (χ2n) is 7.85. The average Bonchev–Trinajstić information content (AvgIpc) is 2.85. The summed E-state index contributed by atoms with van der Waals surface area (Å²) in [6.45, 7) is 1.95. The minimum absolute atomic E-state index is 0.285. The van der Waals surface area contributed by atoms with Crippen molar-refractivity contribution in [1.82, 2.24) is 4.31 Å². The van der Waals surface area contributed by atoms with E-state index in [9.17, 15) is 8.42 Å². The van der Waals surface area contributed by atoms with Crippen LogP contribution in [0.25, 0.3) is 5.20 Å². The maximum absolute atomic E-state index is 13.4. The Balaban J connectivity index is 1.89. The highest BCUT2D eigenvalue weighted by Gasteiger charge is 2.26. The van der Waals surface area contributed by atoms with E-state index in [4.69, 9.17) is 0 Å². The first-order valence-electron chi connectivity index (χ1n) is 10.8. The van der Waals surface area contributed by atoms with Crippen LogP contribution in [0.3, 0.4) is 0 Å². The third-order valence-corrected chi connectivity index (χ3v) is 10.00. The Bertz CT molecular complexity index is 1280. The van der Waals surface area contributed by atoms with Crippen molar-refractivity contribution in [2.75, 3.05) is 7.05 Å². The Labute approximate surface area is 198 Å². The number of rotatable bonds is 7. The molecule has 165 valence electrons. The van der Waals surface area contributed by atoms with E-state index in [1.807, 2.05) is 73.7 Å². The molecule has 0 saturated carbocycles. The lowest BCUT2D eigenvalue weighted by molar-refractivity contribution is 0.540. The van der Waals surface area contributed by atoms with Crippen LogP contribution in [-0.2, 0) is 10.0 Å². The molecule has 4 aromatic carbocycles. The molecule has 0 aliphatic heterocycles. The molecule has 0 aliphatic rings. The summed E-state index contributed by atoms with van der Waals surface area (Å²) >= 11 is 0. The van der Waals surface area contributed by atoms with Crippen molar-refractivity contribution in [2.45, 2.75) is 11.8 Å². The predicted molar refractivity (Wildman–Crippen MR) is 138 cm³/mol. The second-order valence-corrected chi connectivity index (χ2v) is 12.3. The van der Waals surface area contributed by atoms with Gasteiger partial charge in [-0.1, -0.05) is 119 Å². The number of hydrogen-bond donors (Lipinski definition) is 0. The van der Waals surface area contributed by atoms with E-state index in [1.54, 1.807) is 25.4 Å². The molecule has 0 saturated heterocycles. The van der Waals surface area contributed by atoms with Gasteiger partial charge in [-0.3, -0.25) is 4.31 Å². The van der Waals surface area contributed by atoms with E-state index in [1.165, 1.54) is 14.7 Å². The lowest BCUT2D eigenvalue weighted by atomic mass is 10.2. The van der Waals surface area contributed by atoms with Crippen molar-refractivity contribution in [3.63, 3.8) is 0 Å². The Morgan fingerprint density at radius 2 is 1.15 bits per heavy atom. The smallest absolute Gasteiger partial charge is 0.263 e. The van der Waals surface area contributed by atoms with Crippen LogP contribution >= 0.6 is 0 Å². The summed E-state index contributed by atoms with van der Waals surface area (Å²) in [7, 11) is -3.54. The summed E-state index contributed by atoms with van der Waals surface area (Å²) in [4.78, 5) is 0.285. The van der Waals surface area contributed by atoms with Gasteiger partial charge in [0.1, 0.15) is 0 Å². The molecule has 0 aromatic heterocycles. The lowest BCUT2D eigenvalue weighted by Crippen LogP contribution is -2.44. The highest BCUT2D eigenvalue weighted by Crippen LogP contribution is 2.22. The summed E-state index contributed by atoms with van der Waals surface area (Å²) in [6, 6.07) is 37.7. The number of aryl methyl sites for hydroxylation is 1. The molecule has 0 fully saturated rings. The molecule has 33 heavy (non-hydrogen) atoms. The molecule has 0 bridgehead atoms. The Hall–Kier alpha value is -3.41. The van der Waals surface area contributed by atoms with Crippen molar-refractivity contribution in [1.29, 1.82) is 0 Å². The molecule has 0 heterocycles. The van der Waals surface area contributed by atoms with E-state index in [0.29, 0.717) is 0 Å². The van der Waals surface area contributed by atoms with Gasteiger partial charge in [0.05, 0.1) is 4.90 Å². The van der Waals surface area contributed by atoms with Crippen LogP contribution in [-0.4, -0.2) is 28.6 Å². The molecule has 0 amide bonds. The molecule has 0 N–H and O–H groups in total. The molecule has 4 aromatic rings. The number of nitrogens with zero attached hydrogens (tertiary/aromatic N) is 1. The van der Waals surface area contributed by atoms with Gasteiger partial charge in [0.25, 0.3) is 10.0 Å². The van der Waals surface area contributed by atoms with Crippen LogP contribution in [0.5, 0.6) is 0 Å². The minimum Gasteiger partial charge on any atom is -0.276 e. The molecule has 0 spiro atoms. The highest BCUT2D eigenvalue weighted by molar-refractivity contribution is 7.89. The van der Waals surface area contributed by atoms with Gasteiger partial charge >= 0.3 is 0 Å². The summed E-state index contributed by atoms with van der Waals surface area (Å²) < 4.78 is 28.2. The maximum Gasteiger partial charge on any atom is 0.263 e. The normalized spacial score (nSPS) is 12.0. The van der Waals surface area contributed by atoms with E-state index < -0.39 is 18.8 Å². The molecular weight excluding hydrogens is 442 g/mol. The van der Waals surface area contributed by atoms with Crippen LogP contribution in [0.4, 0.5) is 0 Å². The van der Waals surface area contributed by atoms with Crippen molar-refractivity contribution in [3.8, 4) is 0 Å². The van der Waals surface area contributed by atoms with Crippen molar-refractivity contribution in [2.24, 2.45) is 0 Å². The van der Waals surface area contributed by atoms with Crippen molar-refractivity contribution >= 4 is 34.4 Å². The van der Waals surface area contributed by atoms with Gasteiger partial charge in [-0.25, -0.2) is 8.42 Å². The maximum atomic E-state index is 13.4. The lowest BCUT2D eigenvalue weighted by Gasteiger charge is -2.24. The largest absolute Gasteiger partial charge is 0.276 e. The zero-order chi connectivity index (χ0) is 23.3.